The van der Waals surface area contributed by atoms with Gasteiger partial charge in [0.15, 0.2) is 5.58 Å². The highest BCUT2D eigenvalue weighted by atomic mass is 35.5. The number of phenolic OH excluding ortho intramolecular Hbond substituents is 1. The molecule has 0 atom stereocenters. The van der Waals surface area contributed by atoms with Crippen molar-refractivity contribution in [2.24, 2.45) is 4.99 Å². The van der Waals surface area contributed by atoms with E-state index in [4.69, 9.17) is 32.6 Å². The lowest BCUT2D eigenvalue weighted by atomic mass is 10.0. The predicted molar refractivity (Wildman–Crippen MR) is 152 cm³/mol. The molecule has 0 saturated carbocycles. The summed E-state index contributed by atoms with van der Waals surface area (Å²) in [6.45, 7) is 0. The Labute approximate surface area is 223 Å². The van der Waals surface area contributed by atoms with Crippen LogP contribution >= 0.6 is 23.2 Å². The second kappa shape index (κ2) is 9.74. The van der Waals surface area contributed by atoms with E-state index < -0.39 is 0 Å². The zero-order valence-corrected chi connectivity index (χ0v) is 21.0. The van der Waals surface area contributed by atoms with Gasteiger partial charge in [-0.15, -0.1) is 0 Å². The second-order valence-electron chi connectivity index (χ2n) is 8.73. The van der Waals surface area contributed by atoms with Gasteiger partial charge in [-0.3, -0.25) is 4.99 Å². The minimum atomic E-state index is 0.158. The van der Waals surface area contributed by atoms with Crippen LogP contribution in [-0.2, 0) is 6.42 Å². The number of benzene rings is 5. The molecular weight excluding hydrogens is 503 g/mol. The molecule has 0 unspecified atom stereocenters. The molecule has 5 aromatic carbocycles. The number of halogens is 2. The Morgan fingerprint density at radius 1 is 0.811 bits per heavy atom. The molecule has 6 aromatic rings. The summed E-state index contributed by atoms with van der Waals surface area (Å²) in [6.07, 6.45) is 2.31. The topological polar surface area (TPSA) is 58.6 Å². The van der Waals surface area contributed by atoms with Gasteiger partial charge in [-0.2, -0.15) is 0 Å². The first-order valence-electron chi connectivity index (χ1n) is 11.7. The number of phenols is 1. The highest BCUT2D eigenvalue weighted by Crippen LogP contribution is 2.34. The molecule has 0 aliphatic heterocycles. The van der Waals surface area contributed by atoms with Crippen molar-refractivity contribution in [3.8, 4) is 17.2 Å². The van der Waals surface area contributed by atoms with Crippen LogP contribution in [-0.4, -0.2) is 16.3 Å². The third-order valence-corrected chi connectivity index (χ3v) is 6.97. The molecule has 0 bridgehead atoms. The number of hydrogen-bond acceptors (Lipinski definition) is 4. The van der Waals surface area contributed by atoms with Crippen molar-refractivity contribution in [1.29, 1.82) is 0 Å². The smallest absolute Gasteiger partial charge is 0.227 e. The van der Waals surface area contributed by atoms with Gasteiger partial charge >= 0.3 is 0 Å². The van der Waals surface area contributed by atoms with Crippen LogP contribution in [0.1, 0.15) is 16.7 Å². The van der Waals surface area contributed by atoms with Crippen molar-refractivity contribution >= 4 is 57.0 Å². The van der Waals surface area contributed by atoms with E-state index in [1.807, 2.05) is 91.0 Å². The number of oxazole rings is 1. The normalized spacial score (nSPS) is 11.6. The van der Waals surface area contributed by atoms with Gasteiger partial charge in [0, 0.05) is 32.8 Å². The van der Waals surface area contributed by atoms with E-state index in [9.17, 15) is 5.11 Å². The average Bonchev–Trinajstić information content (AvgIpc) is 3.33. The summed E-state index contributed by atoms with van der Waals surface area (Å²) in [6, 6.07) is 30.5. The molecular formula is C31H20Cl2N2O2. The summed E-state index contributed by atoms with van der Waals surface area (Å²) >= 11 is 12.7. The summed E-state index contributed by atoms with van der Waals surface area (Å²) < 4.78 is 6.06. The van der Waals surface area contributed by atoms with Crippen LogP contribution in [0.5, 0.6) is 5.75 Å². The molecule has 6 rings (SSSR count). The van der Waals surface area contributed by atoms with Crippen LogP contribution < -0.4 is 0 Å². The van der Waals surface area contributed by atoms with E-state index in [1.165, 1.54) is 0 Å². The molecule has 37 heavy (non-hydrogen) atoms. The maximum atomic E-state index is 10.4. The minimum absolute atomic E-state index is 0.158. The molecule has 0 radical (unpaired) electrons. The fourth-order valence-electron chi connectivity index (χ4n) is 4.39. The van der Waals surface area contributed by atoms with Gasteiger partial charge in [0.1, 0.15) is 11.3 Å². The van der Waals surface area contributed by atoms with Crippen molar-refractivity contribution in [2.75, 3.05) is 0 Å². The molecule has 180 valence electrons. The van der Waals surface area contributed by atoms with E-state index in [1.54, 1.807) is 12.3 Å². The minimum Gasteiger partial charge on any atom is -0.507 e. The zero-order chi connectivity index (χ0) is 25.4. The molecule has 1 heterocycles. The maximum absolute atomic E-state index is 10.4. The number of fused-ring (bicyclic) bond motifs is 2. The first-order valence-corrected chi connectivity index (χ1v) is 12.5. The van der Waals surface area contributed by atoms with Crippen molar-refractivity contribution in [3.63, 3.8) is 0 Å². The van der Waals surface area contributed by atoms with Crippen molar-refractivity contribution in [3.05, 3.63) is 124 Å². The summed E-state index contributed by atoms with van der Waals surface area (Å²) in [5.74, 6) is 0.681. The van der Waals surface area contributed by atoms with Crippen molar-refractivity contribution < 1.29 is 9.52 Å². The third kappa shape index (κ3) is 4.69. The quantitative estimate of drug-likeness (QED) is 0.230. The maximum Gasteiger partial charge on any atom is 0.227 e. The Morgan fingerprint density at radius 3 is 2.51 bits per heavy atom. The van der Waals surface area contributed by atoms with Gasteiger partial charge in [0.05, 0.1) is 5.69 Å². The Morgan fingerprint density at radius 2 is 1.62 bits per heavy atom. The molecule has 1 N–H and O–H groups in total. The lowest BCUT2D eigenvalue weighted by Gasteiger charge is -2.06. The highest BCUT2D eigenvalue weighted by Gasteiger charge is 2.13. The molecule has 0 saturated heterocycles. The fourth-order valence-corrected chi connectivity index (χ4v) is 4.83. The summed E-state index contributed by atoms with van der Waals surface area (Å²) in [5, 5.41) is 13.7. The molecule has 1 aromatic heterocycles. The van der Waals surface area contributed by atoms with E-state index >= 15 is 0 Å². The number of nitrogens with zero attached hydrogens (tertiary/aromatic N) is 2. The second-order valence-corrected chi connectivity index (χ2v) is 9.55. The Bertz CT molecular complexity index is 1810. The lowest BCUT2D eigenvalue weighted by Crippen LogP contribution is -1.92. The van der Waals surface area contributed by atoms with Gasteiger partial charge < -0.3 is 9.52 Å². The highest BCUT2D eigenvalue weighted by molar-refractivity contribution is 6.35. The van der Waals surface area contributed by atoms with Gasteiger partial charge in [-0.05, 0) is 71.5 Å². The number of aliphatic imine (C=N–C) groups is 1. The summed E-state index contributed by atoms with van der Waals surface area (Å²) in [7, 11) is 0. The molecule has 0 spiro atoms. The van der Waals surface area contributed by atoms with Crippen molar-refractivity contribution in [2.45, 2.75) is 6.42 Å². The number of hydrogen-bond donors (Lipinski definition) is 1. The van der Waals surface area contributed by atoms with Crippen LogP contribution in [0.2, 0.25) is 10.0 Å². The fraction of sp³-hybridized carbons (Fsp3) is 0.0323. The zero-order valence-electron chi connectivity index (χ0n) is 19.5. The molecule has 4 nitrogen and oxygen atoms in total. The SMILES string of the molecule is Oc1ccc(Cc2ccccc2Cl)cc1C=Nc1ccc2oc(-c3cccc4c(Cl)cccc34)nc2c1. The average molecular weight is 523 g/mol. The van der Waals surface area contributed by atoms with E-state index in [0.717, 1.165) is 32.5 Å². The molecule has 0 fully saturated rings. The Hall–Kier alpha value is -4.12. The Kier molecular flexibility index (Phi) is 6.13. The van der Waals surface area contributed by atoms with Crippen LogP contribution in [0.25, 0.3) is 33.3 Å². The summed E-state index contributed by atoms with van der Waals surface area (Å²) in [4.78, 5) is 9.31. The number of aromatic hydroxyl groups is 1. The monoisotopic (exact) mass is 522 g/mol. The largest absolute Gasteiger partial charge is 0.507 e. The van der Waals surface area contributed by atoms with Crippen LogP contribution in [0.4, 0.5) is 5.69 Å². The number of rotatable bonds is 5. The summed E-state index contributed by atoms with van der Waals surface area (Å²) in [5.41, 5.74) is 5.61. The predicted octanol–water partition coefficient (Wildman–Crippen LogP) is 9.00. The molecule has 6 heteroatoms. The standard InChI is InChI=1S/C31H20Cl2N2O2/c32-26-9-2-1-5-20(26)15-19-11-13-29(36)21(16-19)18-34-22-12-14-30-28(17-22)35-31(37-30)25-8-3-7-24-23(25)6-4-10-27(24)33/h1-14,16-18,36H,15H2. The van der Waals surface area contributed by atoms with Crippen molar-refractivity contribution in [1.82, 2.24) is 4.98 Å². The lowest BCUT2D eigenvalue weighted by molar-refractivity contribution is 0.474. The Balaban J connectivity index is 1.30. The molecule has 0 amide bonds. The van der Waals surface area contributed by atoms with Crippen LogP contribution in [0.3, 0.4) is 0 Å². The molecule has 0 aliphatic rings. The van der Waals surface area contributed by atoms with Gasteiger partial charge in [-0.25, -0.2) is 4.98 Å². The van der Waals surface area contributed by atoms with E-state index in [2.05, 4.69) is 4.99 Å². The molecule has 0 aliphatic carbocycles. The van der Waals surface area contributed by atoms with Gasteiger partial charge in [0.25, 0.3) is 0 Å². The van der Waals surface area contributed by atoms with E-state index in [-0.39, 0.29) is 5.75 Å². The van der Waals surface area contributed by atoms with Crippen LogP contribution in [0.15, 0.2) is 106 Å². The number of aromatic nitrogens is 1. The third-order valence-electron chi connectivity index (χ3n) is 6.27. The van der Waals surface area contributed by atoms with E-state index in [0.29, 0.717) is 39.7 Å². The van der Waals surface area contributed by atoms with Gasteiger partial charge in [-0.1, -0.05) is 71.7 Å². The first-order chi connectivity index (χ1) is 18.0. The first kappa shape index (κ1) is 23.3. The van der Waals surface area contributed by atoms with Gasteiger partial charge in [0.2, 0.25) is 5.89 Å². The van der Waals surface area contributed by atoms with Crippen LogP contribution in [0, 0.1) is 0 Å².